The van der Waals surface area contributed by atoms with Crippen LogP contribution in [0.25, 0.3) is 5.69 Å². The van der Waals surface area contributed by atoms with Crippen LogP contribution in [-0.4, -0.2) is 21.6 Å². The minimum Gasteiger partial charge on any atom is -0.273 e. The van der Waals surface area contributed by atoms with Crippen LogP contribution in [0.2, 0.25) is 0 Å². The topological polar surface area (TPSA) is 76.0 Å². The number of rotatable bonds is 4. The molecule has 0 unspecified atom stereocenters. The Kier molecular flexibility index (Phi) is 4.95. The van der Waals surface area contributed by atoms with Gasteiger partial charge in [0.1, 0.15) is 0 Å². The van der Waals surface area contributed by atoms with Crippen molar-refractivity contribution in [1.82, 2.24) is 20.6 Å². The molecular weight excluding hydrogens is 336 g/mol. The minimum atomic E-state index is -0.322. The number of aryl methyl sites for hydroxylation is 1. The molecule has 0 aliphatic heterocycles. The van der Waals surface area contributed by atoms with Gasteiger partial charge in [-0.25, -0.2) is 4.68 Å². The van der Waals surface area contributed by atoms with Gasteiger partial charge in [0.05, 0.1) is 22.7 Å². The zero-order valence-electron chi connectivity index (χ0n) is 13.9. The lowest BCUT2D eigenvalue weighted by Crippen LogP contribution is -2.42. The van der Waals surface area contributed by atoms with Crippen LogP contribution in [0, 0.1) is 13.8 Å². The number of nitrogens with zero attached hydrogens (tertiary/aromatic N) is 2. The molecule has 0 saturated carbocycles. The van der Waals surface area contributed by atoms with E-state index in [-0.39, 0.29) is 18.2 Å². The van der Waals surface area contributed by atoms with Crippen LogP contribution in [-0.2, 0) is 11.2 Å². The van der Waals surface area contributed by atoms with Gasteiger partial charge < -0.3 is 0 Å². The van der Waals surface area contributed by atoms with Crippen molar-refractivity contribution in [2.24, 2.45) is 0 Å². The summed E-state index contributed by atoms with van der Waals surface area (Å²) in [6, 6.07) is 13.2. The zero-order chi connectivity index (χ0) is 17.8. The van der Waals surface area contributed by atoms with Crippen LogP contribution in [0.5, 0.6) is 0 Å². The average molecular weight is 354 g/mol. The van der Waals surface area contributed by atoms with Crippen LogP contribution < -0.4 is 10.9 Å². The highest BCUT2D eigenvalue weighted by molar-refractivity contribution is 7.12. The summed E-state index contributed by atoms with van der Waals surface area (Å²) in [5, 5.41) is 6.33. The van der Waals surface area contributed by atoms with E-state index in [0.29, 0.717) is 4.88 Å². The lowest BCUT2D eigenvalue weighted by Gasteiger charge is -2.07. The fourth-order valence-corrected chi connectivity index (χ4v) is 3.17. The molecule has 0 aliphatic rings. The number of carbonyl (C=O) groups excluding carboxylic acids is 2. The second-order valence-corrected chi connectivity index (χ2v) is 6.50. The molecule has 0 spiro atoms. The molecule has 2 N–H and O–H groups in total. The molecule has 2 aromatic heterocycles. The predicted molar refractivity (Wildman–Crippen MR) is 96.7 cm³/mol. The number of para-hydroxylation sites is 1. The van der Waals surface area contributed by atoms with E-state index in [9.17, 15) is 9.59 Å². The van der Waals surface area contributed by atoms with E-state index >= 15 is 0 Å². The largest absolute Gasteiger partial charge is 0.279 e. The van der Waals surface area contributed by atoms with Gasteiger partial charge in [-0.3, -0.25) is 20.4 Å². The first-order chi connectivity index (χ1) is 12.1. The van der Waals surface area contributed by atoms with Crippen molar-refractivity contribution in [2.75, 3.05) is 0 Å². The number of hydrogen-bond acceptors (Lipinski definition) is 4. The average Bonchev–Trinajstić information content (AvgIpc) is 3.25. The predicted octanol–water partition coefficient (Wildman–Crippen LogP) is 2.55. The molecule has 0 bridgehead atoms. The maximum Gasteiger partial charge on any atom is 0.279 e. The Morgan fingerprint density at radius 3 is 2.52 bits per heavy atom. The highest BCUT2D eigenvalue weighted by Crippen LogP contribution is 2.18. The van der Waals surface area contributed by atoms with Crippen LogP contribution >= 0.6 is 11.3 Å². The summed E-state index contributed by atoms with van der Waals surface area (Å²) in [7, 11) is 0. The Morgan fingerprint density at radius 1 is 1.08 bits per heavy atom. The molecule has 128 valence electrons. The van der Waals surface area contributed by atoms with Crippen molar-refractivity contribution in [3.8, 4) is 5.69 Å². The maximum atomic E-state index is 12.2. The van der Waals surface area contributed by atoms with E-state index < -0.39 is 0 Å². The normalized spacial score (nSPS) is 10.5. The van der Waals surface area contributed by atoms with E-state index in [2.05, 4.69) is 16.0 Å². The number of nitrogens with one attached hydrogen (secondary N) is 2. The summed E-state index contributed by atoms with van der Waals surface area (Å²) in [4.78, 5) is 24.6. The summed E-state index contributed by atoms with van der Waals surface area (Å²) in [5.74, 6) is -0.611. The monoisotopic (exact) mass is 354 g/mol. The first kappa shape index (κ1) is 16.9. The smallest absolute Gasteiger partial charge is 0.273 e. The van der Waals surface area contributed by atoms with E-state index in [1.54, 1.807) is 17.5 Å². The van der Waals surface area contributed by atoms with Gasteiger partial charge in [-0.05, 0) is 37.4 Å². The summed E-state index contributed by atoms with van der Waals surface area (Å²) in [6.07, 6.45) is 0.148. The van der Waals surface area contributed by atoms with E-state index in [1.807, 2.05) is 48.9 Å². The molecule has 0 atom stereocenters. The first-order valence-corrected chi connectivity index (χ1v) is 8.67. The van der Waals surface area contributed by atoms with Gasteiger partial charge in [0.25, 0.3) is 5.91 Å². The van der Waals surface area contributed by atoms with Crippen molar-refractivity contribution in [2.45, 2.75) is 20.3 Å². The molecule has 7 heteroatoms. The summed E-state index contributed by atoms with van der Waals surface area (Å²) in [5.41, 5.74) is 8.38. The Morgan fingerprint density at radius 2 is 1.84 bits per heavy atom. The maximum absolute atomic E-state index is 12.2. The quantitative estimate of drug-likeness (QED) is 0.707. The molecule has 0 aliphatic carbocycles. The van der Waals surface area contributed by atoms with Crippen molar-refractivity contribution >= 4 is 23.2 Å². The minimum absolute atomic E-state index is 0.148. The molecule has 0 saturated heterocycles. The molecule has 3 aromatic rings. The molecule has 0 radical (unpaired) electrons. The molecule has 6 nitrogen and oxygen atoms in total. The molecule has 2 amide bonds. The number of hydrogen-bond donors (Lipinski definition) is 2. The number of carbonyl (C=O) groups is 2. The second-order valence-electron chi connectivity index (χ2n) is 5.55. The summed E-state index contributed by atoms with van der Waals surface area (Å²) >= 11 is 1.32. The van der Waals surface area contributed by atoms with Crippen LogP contribution in [0.4, 0.5) is 0 Å². The van der Waals surface area contributed by atoms with Gasteiger partial charge >= 0.3 is 0 Å². The Hall–Kier alpha value is -2.93. The Bertz CT molecular complexity index is 885. The molecule has 25 heavy (non-hydrogen) atoms. The van der Waals surface area contributed by atoms with Gasteiger partial charge in [0.2, 0.25) is 5.91 Å². The van der Waals surface area contributed by atoms with E-state index in [1.165, 1.54) is 11.3 Å². The van der Waals surface area contributed by atoms with Crippen molar-refractivity contribution < 1.29 is 9.59 Å². The molecular formula is C18H18N4O2S. The third-order valence-corrected chi connectivity index (χ3v) is 4.71. The van der Waals surface area contributed by atoms with Crippen molar-refractivity contribution in [1.29, 1.82) is 0 Å². The highest BCUT2D eigenvalue weighted by Gasteiger charge is 2.16. The summed E-state index contributed by atoms with van der Waals surface area (Å²) < 4.78 is 1.82. The fraction of sp³-hybridized carbons (Fsp3) is 0.167. The fourth-order valence-electron chi connectivity index (χ4n) is 2.55. The molecule has 3 rings (SSSR count). The number of thiophene rings is 1. The Balaban J connectivity index is 1.67. The number of hydrazine groups is 1. The highest BCUT2D eigenvalue weighted by atomic mass is 32.1. The van der Waals surface area contributed by atoms with Gasteiger partial charge in [-0.1, -0.05) is 24.3 Å². The Labute approximate surface area is 149 Å². The lowest BCUT2D eigenvalue weighted by atomic mass is 10.1. The number of amides is 2. The van der Waals surface area contributed by atoms with Gasteiger partial charge in [0.15, 0.2) is 0 Å². The number of benzene rings is 1. The van der Waals surface area contributed by atoms with E-state index in [4.69, 9.17) is 0 Å². The molecule has 2 heterocycles. The molecule has 0 fully saturated rings. The molecule has 1 aromatic carbocycles. The van der Waals surface area contributed by atoms with Crippen LogP contribution in [0.3, 0.4) is 0 Å². The van der Waals surface area contributed by atoms with Gasteiger partial charge in [-0.2, -0.15) is 5.10 Å². The van der Waals surface area contributed by atoms with Gasteiger partial charge in [0, 0.05) is 11.3 Å². The van der Waals surface area contributed by atoms with Crippen molar-refractivity contribution in [3.05, 3.63) is 69.7 Å². The summed E-state index contributed by atoms with van der Waals surface area (Å²) in [6.45, 7) is 3.80. The van der Waals surface area contributed by atoms with Gasteiger partial charge in [-0.15, -0.1) is 11.3 Å². The first-order valence-electron chi connectivity index (χ1n) is 7.79. The number of aromatic nitrogens is 2. The third-order valence-electron chi connectivity index (χ3n) is 3.84. The lowest BCUT2D eigenvalue weighted by molar-refractivity contribution is -0.121. The second kappa shape index (κ2) is 7.31. The standard InChI is InChI=1S/C18H18N4O2S/c1-12-15(13(2)22(21-12)14-7-4-3-5-8-14)11-17(23)19-20-18(24)16-9-6-10-25-16/h3-10H,11H2,1-2H3,(H,19,23)(H,20,24). The van der Waals surface area contributed by atoms with Crippen LogP contribution in [0.1, 0.15) is 26.6 Å². The van der Waals surface area contributed by atoms with E-state index in [0.717, 1.165) is 22.6 Å². The third kappa shape index (κ3) is 3.77. The van der Waals surface area contributed by atoms with Crippen molar-refractivity contribution in [3.63, 3.8) is 0 Å². The SMILES string of the molecule is Cc1nn(-c2ccccc2)c(C)c1CC(=O)NNC(=O)c1cccs1. The zero-order valence-corrected chi connectivity index (χ0v) is 14.8. The van der Waals surface area contributed by atoms with Crippen LogP contribution in [0.15, 0.2) is 47.8 Å².